The summed E-state index contributed by atoms with van der Waals surface area (Å²) >= 11 is 0. The normalized spacial score (nSPS) is 15.8. The van der Waals surface area contributed by atoms with Crippen LogP contribution in [0.2, 0.25) is 0 Å². The van der Waals surface area contributed by atoms with Gasteiger partial charge in [-0.3, -0.25) is 4.79 Å². The molecule has 0 aromatic carbocycles. The molecule has 0 spiro atoms. The van der Waals surface area contributed by atoms with Gasteiger partial charge in [-0.1, -0.05) is 0 Å². The number of halogens is 6. The van der Waals surface area contributed by atoms with Crippen molar-refractivity contribution in [3.05, 3.63) is 22.9 Å². The van der Waals surface area contributed by atoms with Crippen LogP contribution in [-0.4, -0.2) is 24.7 Å². The largest absolute Gasteiger partial charge is 0.534 e. The van der Waals surface area contributed by atoms with Gasteiger partial charge in [0.15, 0.2) is 5.78 Å². The molecule has 5 nitrogen and oxygen atoms in total. The third-order valence-electron chi connectivity index (χ3n) is 2.72. The van der Waals surface area contributed by atoms with Gasteiger partial charge in [-0.25, -0.2) is 4.98 Å². The molecule has 0 unspecified atom stereocenters. The van der Waals surface area contributed by atoms with Gasteiger partial charge in [0.2, 0.25) is 5.88 Å². The summed E-state index contributed by atoms with van der Waals surface area (Å²) in [6.45, 7) is 0. The molecule has 0 aliphatic heterocycles. The number of ketones is 1. The van der Waals surface area contributed by atoms with E-state index in [1.165, 1.54) is 0 Å². The zero-order valence-electron chi connectivity index (χ0n) is 10.2. The Morgan fingerprint density at radius 3 is 2.18 bits per heavy atom. The van der Waals surface area contributed by atoms with Crippen LogP contribution >= 0.6 is 0 Å². The van der Waals surface area contributed by atoms with E-state index >= 15 is 0 Å². The van der Waals surface area contributed by atoms with Gasteiger partial charge in [0.1, 0.15) is 0 Å². The highest BCUT2D eigenvalue weighted by molar-refractivity contribution is 7.87. The Hall–Kier alpha value is -1.85. The molecule has 0 bridgehead atoms. The van der Waals surface area contributed by atoms with Crippen LogP contribution in [0.1, 0.15) is 28.0 Å². The summed E-state index contributed by atoms with van der Waals surface area (Å²) < 4.78 is 100. The highest BCUT2D eigenvalue weighted by Gasteiger charge is 2.49. The molecular weight excluding hydrogens is 344 g/mol. The number of pyridine rings is 1. The summed E-state index contributed by atoms with van der Waals surface area (Å²) in [6.07, 6.45) is -5.63. The lowest BCUT2D eigenvalue weighted by Crippen LogP contribution is -2.28. The summed E-state index contributed by atoms with van der Waals surface area (Å²) in [4.78, 5) is 14.7. The molecule has 2 rings (SSSR count). The number of Topliss-reactive ketones (excluding diaryl/α,β-unsaturated/α-hetero) is 1. The zero-order valence-corrected chi connectivity index (χ0v) is 11.1. The van der Waals surface area contributed by atoms with Crippen LogP contribution in [0.4, 0.5) is 26.3 Å². The van der Waals surface area contributed by atoms with Gasteiger partial charge in [-0.15, -0.1) is 0 Å². The number of hydrogen-bond acceptors (Lipinski definition) is 5. The molecule has 0 amide bonds. The fraction of sp³-hybridized carbons (Fsp3) is 0.400. The molecule has 0 saturated heterocycles. The lowest BCUT2D eigenvalue weighted by atomic mass is 10.1. The molecule has 1 heterocycles. The van der Waals surface area contributed by atoms with Crippen molar-refractivity contribution in [2.45, 2.75) is 24.5 Å². The van der Waals surface area contributed by atoms with Gasteiger partial charge >= 0.3 is 21.8 Å². The predicted molar refractivity (Wildman–Crippen MR) is 57.5 cm³/mol. The van der Waals surface area contributed by atoms with Gasteiger partial charge < -0.3 is 4.18 Å². The summed E-state index contributed by atoms with van der Waals surface area (Å²) in [5, 5.41) is 0. The van der Waals surface area contributed by atoms with Gasteiger partial charge in [-0.05, 0) is 6.42 Å². The Bertz CT molecular complexity index is 737. The highest BCUT2D eigenvalue weighted by atomic mass is 32.2. The Morgan fingerprint density at radius 2 is 1.68 bits per heavy atom. The molecule has 0 radical (unpaired) electrons. The Kier molecular flexibility index (Phi) is 3.62. The van der Waals surface area contributed by atoms with Crippen LogP contribution in [0.3, 0.4) is 0 Å². The molecule has 12 heteroatoms. The SMILES string of the molecule is O=C1CCc2nc(OS(=O)(=O)C(F)(F)F)cc(C(F)(F)F)c21. The van der Waals surface area contributed by atoms with Crippen molar-refractivity contribution in [2.75, 3.05) is 0 Å². The van der Waals surface area contributed by atoms with Crippen molar-refractivity contribution in [1.29, 1.82) is 0 Å². The van der Waals surface area contributed by atoms with Crippen molar-refractivity contribution in [3.63, 3.8) is 0 Å². The van der Waals surface area contributed by atoms with Crippen molar-refractivity contribution >= 4 is 15.9 Å². The fourth-order valence-electron chi connectivity index (χ4n) is 1.85. The van der Waals surface area contributed by atoms with E-state index in [2.05, 4.69) is 9.17 Å². The highest BCUT2D eigenvalue weighted by Crippen LogP contribution is 2.39. The molecule has 1 aliphatic carbocycles. The average molecular weight is 349 g/mol. The van der Waals surface area contributed by atoms with Crippen molar-refractivity contribution in [2.24, 2.45) is 0 Å². The first-order valence-corrected chi connectivity index (χ1v) is 6.89. The number of rotatable bonds is 2. The molecule has 1 aromatic rings. The van der Waals surface area contributed by atoms with Crippen LogP contribution in [0.5, 0.6) is 5.88 Å². The standard InChI is InChI=1S/C10H5F6NO4S/c11-9(12,13)4-3-7(21-22(19,20)10(14,15)16)17-5-1-2-6(18)8(4)5/h3H,1-2H2. The van der Waals surface area contributed by atoms with E-state index in [-0.39, 0.29) is 18.9 Å². The lowest BCUT2D eigenvalue weighted by molar-refractivity contribution is -0.138. The van der Waals surface area contributed by atoms with E-state index in [1.54, 1.807) is 0 Å². The second kappa shape index (κ2) is 4.83. The molecule has 1 aromatic heterocycles. The smallest absolute Gasteiger partial charge is 0.355 e. The number of alkyl halides is 6. The van der Waals surface area contributed by atoms with E-state index in [0.717, 1.165) is 0 Å². The number of nitrogens with zero attached hydrogens (tertiary/aromatic N) is 1. The maximum Gasteiger partial charge on any atom is 0.534 e. The predicted octanol–water partition coefficient (Wildman–Crippen LogP) is 2.46. The number of carbonyl (C=O) groups is 1. The topological polar surface area (TPSA) is 73.3 Å². The van der Waals surface area contributed by atoms with Gasteiger partial charge in [0.25, 0.3) is 0 Å². The first kappa shape index (κ1) is 16.5. The summed E-state index contributed by atoms with van der Waals surface area (Å²) in [5.41, 5.74) is -8.62. The van der Waals surface area contributed by atoms with Crippen molar-refractivity contribution < 1.29 is 43.7 Å². The Labute approximate surface area is 119 Å². The summed E-state index contributed by atoms with van der Waals surface area (Å²) in [7, 11) is -6.16. The minimum Gasteiger partial charge on any atom is -0.355 e. The number of fused-ring (bicyclic) bond motifs is 1. The zero-order chi connectivity index (χ0) is 16.9. The third kappa shape index (κ3) is 2.87. The Morgan fingerprint density at radius 1 is 1.09 bits per heavy atom. The minimum atomic E-state index is -6.16. The van der Waals surface area contributed by atoms with Gasteiger partial charge in [0, 0.05) is 12.5 Å². The monoisotopic (exact) mass is 349 g/mol. The lowest BCUT2D eigenvalue weighted by Gasteiger charge is -2.14. The van der Waals surface area contributed by atoms with E-state index in [9.17, 15) is 39.6 Å². The first-order valence-electron chi connectivity index (χ1n) is 5.48. The maximum absolute atomic E-state index is 12.9. The molecule has 0 saturated carbocycles. The second-order valence-corrected chi connectivity index (χ2v) is 5.77. The quantitative estimate of drug-likeness (QED) is 0.466. The van der Waals surface area contributed by atoms with Crippen LogP contribution in [0, 0.1) is 0 Å². The van der Waals surface area contributed by atoms with Gasteiger partial charge in [-0.2, -0.15) is 34.8 Å². The molecule has 0 atom stereocenters. The molecular formula is C10H5F6NO4S. The molecule has 122 valence electrons. The van der Waals surface area contributed by atoms with Crippen molar-refractivity contribution in [3.8, 4) is 5.88 Å². The summed E-state index contributed by atoms with van der Waals surface area (Å²) in [5.74, 6) is -2.27. The fourth-order valence-corrected chi connectivity index (χ4v) is 2.25. The number of hydrogen-bond donors (Lipinski definition) is 0. The average Bonchev–Trinajstić information content (AvgIpc) is 2.67. The maximum atomic E-state index is 12.9. The van der Waals surface area contributed by atoms with E-state index in [1.807, 2.05) is 0 Å². The molecule has 22 heavy (non-hydrogen) atoms. The first-order chi connectivity index (χ1) is 9.83. The van der Waals surface area contributed by atoms with Gasteiger partial charge in [0.05, 0.1) is 16.8 Å². The van der Waals surface area contributed by atoms with E-state index < -0.39 is 50.3 Å². The van der Waals surface area contributed by atoms with Crippen LogP contribution < -0.4 is 4.18 Å². The minimum absolute atomic E-state index is 0.0364. The van der Waals surface area contributed by atoms with E-state index in [0.29, 0.717) is 0 Å². The van der Waals surface area contributed by atoms with Crippen LogP contribution in [0.15, 0.2) is 6.07 Å². The van der Waals surface area contributed by atoms with Crippen LogP contribution in [-0.2, 0) is 22.7 Å². The van der Waals surface area contributed by atoms with Crippen LogP contribution in [0.25, 0.3) is 0 Å². The molecule has 0 N–H and O–H groups in total. The Balaban J connectivity index is 2.56. The third-order valence-corrected chi connectivity index (χ3v) is 3.68. The molecule has 0 fully saturated rings. The van der Waals surface area contributed by atoms with E-state index in [4.69, 9.17) is 0 Å². The number of carbonyl (C=O) groups excluding carboxylic acids is 1. The van der Waals surface area contributed by atoms with Crippen molar-refractivity contribution in [1.82, 2.24) is 4.98 Å². The summed E-state index contributed by atoms with van der Waals surface area (Å²) in [6, 6.07) is -0.0364. The number of aryl methyl sites for hydroxylation is 1. The second-order valence-electron chi connectivity index (χ2n) is 4.23. The molecule has 1 aliphatic rings. The number of aromatic nitrogens is 1.